The highest BCUT2D eigenvalue weighted by atomic mass is 15.2. The minimum atomic E-state index is 0.723. The van der Waals surface area contributed by atoms with Crippen LogP contribution in [0.4, 0.5) is 0 Å². The SMILES string of the molecule is CCCCC(CC)CN1CC(C2CCCCC2)NCC1C. The van der Waals surface area contributed by atoms with E-state index in [1.807, 2.05) is 0 Å². The first kappa shape index (κ1) is 17.3. The fourth-order valence-electron chi connectivity index (χ4n) is 4.30. The highest BCUT2D eigenvalue weighted by Crippen LogP contribution is 2.29. The number of piperazine rings is 1. The molecule has 1 aliphatic carbocycles. The molecule has 2 aliphatic rings. The van der Waals surface area contributed by atoms with Crippen LogP contribution in [0.25, 0.3) is 0 Å². The molecular weight excluding hydrogens is 256 g/mol. The second kappa shape index (κ2) is 9.15. The van der Waals surface area contributed by atoms with Gasteiger partial charge in [-0.15, -0.1) is 0 Å². The molecule has 0 bridgehead atoms. The molecule has 3 unspecified atom stereocenters. The van der Waals surface area contributed by atoms with Gasteiger partial charge in [0.05, 0.1) is 0 Å². The van der Waals surface area contributed by atoms with Gasteiger partial charge in [0.2, 0.25) is 0 Å². The van der Waals surface area contributed by atoms with Gasteiger partial charge in [0.15, 0.2) is 0 Å². The van der Waals surface area contributed by atoms with Crippen LogP contribution in [0.2, 0.25) is 0 Å². The van der Waals surface area contributed by atoms with Gasteiger partial charge < -0.3 is 5.32 Å². The van der Waals surface area contributed by atoms with E-state index >= 15 is 0 Å². The molecule has 0 spiro atoms. The van der Waals surface area contributed by atoms with Gasteiger partial charge in [-0.2, -0.15) is 0 Å². The van der Waals surface area contributed by atoms with Crippen LogP contribution in [0.1, 0.15) is 78.6 Å². The highest BCUT2D eigenvalue weighted by molar-refractivity contribution is 4.89. The van der Waals surface area contributed by atoms with Crippen LogP contribution >= 0.6 is 0 Å². The molecule has 21 heavy (non-hydrogen) atoms. The van der Waals surface area contributed by atoms with E-state index in [1.54, 1.807) is 0 Å². The summed E-state index contributed by atoms with van der Waals surface area (Å²) >= 11 is 0. The Kier molecular flexibility index (Phi) is 7.53. The van der Waals surface area contributed by atoms with Crippen molar-refractivity contribution in [2.75, 3.05) is 19.6 Å². The molecule has 1 aliphatic heterocycles. The molecule has 0 aromatic heterocycles. The van der Waals surface area contributed by atoms with E-state index in [0.717, 1.165) is 23.9 Å². The van der Waals surface area contributed by atoms with Crippen molar-refractivity contribution in [2.24, 2.45) is 11.8 Å². The molecule has 124 valence electrons. The number of hydrogen-bond acceptors (Lipinski definition) is 2. The lowest BCUT2D eigenvalue weighted by molar-refractivity contribution is 0.0864. The maximum Gasteiger partial charge on any atom is 0.0224 e. The van der Waals surface area contributed by atoms with Crippen molar-refractivity contribution in [1.29, 1.82) is 0 Å². The zero-order chi connectivity index (χ0) is 15.1. The maximum atomic E-state index is 3.86. The van der Waals surface area contributed by atoms with Gasteiger partial charge >= 0.3 is 0 Å². The predicted molar refractivity (Wildman–Crippen MR) is 92.7 cm³/mol. The topological polar surface area (TPSA) is 15.3 Å². The fourth-order valence-corrected chi connectivity index (χ4v) is 4.30. The monoisotopic (exact) mass is 294 g/mol. The maximum absolute atomic E-state index is 3.86. The van der Waals surface area contributed by atoms with Gasteiger partial charge in [0, 0.05) is 31.7 Å². The molecule has 2 fully saturated rings. The molecule has 1 N–H and O–H groups in total. The van der Waals surface area contributed by atoms with Gasteiger partial charge in [-0.25, -0.2) is 0 Å². The minimum absolute atomic E-state index is 0.723. The largest absolute Gasteiger partial charge is 0.311 e. The van der Waals surface area contributed by atoms with Crippen molar-refractivity contribution in [3.8, 4) is 0 Å². The summed E-state index contributed by atoms with van der Waals surface area (Å²) in [4.78, 5) is 2.81. The van der Waals surface area contributed by atoms with Crippen molar-refractivity contribution < 1.29 is 0 Å². The van der Waals surface area contributed by atoms with E-state index in [9.17, 15) is 0 Å². The standard InChI is InChI=1S/C19H38N2/c1-4-6-10-17(5-2)14-21-15-19(20-13-16(21)3)18-11-8-7-9-12-18/h16-20H,4-15H2,1-3H3. The van der Waals surface area contributed by atoms with E-state index in [-0.39, 0.29) is 0 Å². The summed E-state index contributed by atoms with van der Waals surface area (Å²) in [5.41, 5.74) is 0. The molecule has 3 atom stereocenters. The predicted octanol–water partition coefficient (Wildman–Crippen LogP) is 4.45. The van der Waals surface area contributed by atoms with Crippen LogP contribution in [0.15, 0.2) is 0 Å². The minimum Gasteiger partial charge on any atom is -0.311 e. The Morgan fingerprint density at radius 1 is 1.14 bits per heavy atom. The van der Waals surface area contributed by atoms with E-state index < -0.39 is 0 Å². The lowest BCUT2D eigenvalue weighted by Crippen LogP contribution is -2.58. The quantitative estimate of drug-likeness (QED) is 0.746. The Balaban J connectivity index is 1.84. The highest BCUT2D eigenvalue weighted by Gasteiger charge is 2.31. The van der Waals surface area contributed by atoms with E-state index in [4.69, 9.17) is 0 Å². The first-order chi connectivity index (χ1) is 10.2. The van der Waals surface area contributed by atoms with Crippen LogP contribution < -0.4 is 5.32 Å². The van der Waals surface area contributed by atoms with Gasteiger partial charge in [0.1, 0.15) is 0 Å². The summed E-state index contributed by atoms with van der Waals surface area (Å²) in [6.07, 6.45) is 12.9. The van der Waals surface area contributed by atoms with Crippen molar-refractivity contribution in [2.45, 2.75) is 90.6 Å². The molecule has 0 aromatic rings. The summed E-state index contributed by atoms with van der Waals surface area (Å²) in [6.45, 7) is 10.9. The normalized spacial score (nSPS) is 30.4. The Morgan fingerprint density at radius 2 is 1.90 bits per heavy atom. The number of hydrogen-bond donors (Lipinski definition) is 1. The molecule has 2 nitrogen and oxygen atoms in total. The Labute approximate surface area is 133 Å². The van der Waals surface area contributed by atoms with Crippen LogP contribution in [-0.2, 0) is 0 Å². The summed E-state index contributed by atoms with van der Waals surface area (Å²) in [5.74, 6) is 1.86. The van der Waals surface area contributed by atoms with E-state index in [0.29, 0.717) is 0 Å². The number of nitrogens with one attached hydrogen (secondary N) is 1. The Morgan fingerprint density at radius 3 is 2.57 bits per heavy atom. The van der Waals surface area contributed by atoms with Crippen LogP contribution in [0, 0.1) is 11.8 Å². The van der Waals surface area contributed by atoms with Gasteiger partial charge in [-0.1, -0.05) is 52.4 Å². The van der Waals surface area contributed by atoms with Crippen LogP contribution in [-0.4, -0.2) is 36.6 Å². The second-order valence-corrected chi connectivity index (χ2v) is 7.63. The van der Waals surface area contributed by atoms with Gasteiger partial charge in [-0.05, 0) is 38.0 Å². The van der Waals surface area contributed by atoms with Crippen LogP contribution in [0.3, 0.4) is 0 Å². The van der Waals surface area contributed by atoms with Gasteiger partial charge in [0.25, 0.3) is 0 Å². The molecule has 2 heteroatoms. The second-order valence-electron chi connectivity index (χ2n) is 7.63. The molecule has 1 saturated carbocycles. The summed E-state index contributed by atoms with van der Waals surface area (Å²) in [6, 6.07) is 1.49. The average Bonchev–Trinajstić information content (AvgIpc) is 2.54. The van der Waals surface area contributed by atoms with Gasteiger partial charge in [-0.3, -0.25) is 4.90 Å². The molecule has 0 radical (unpaired) electrons. The zero-order valence-electron chi connectivity index (χ0n) is 14.7. The lowest BCUT2D eigenvalue weighted by Gasteiger charge is -2.44. The van der Waals surface area contributed by atoms with Crippen molar-refractivity contribution in [3.05, 3.63) is 0 Å². The summed E-state index contributed by atoms with van der Waals surface area (Å²) < 4.78 is 0. The Hall–Kier alpha value is -0.0800. The molecular formula is C19H38N2. The zero-order valence-corrected chi connectivity index (χ0v) is 14.7. The molecule has 0 amide bonds. The number of nitrogens with zero attached hydrogens (tertiary/aromatic N) is 1. The van der Waals surface area contributed by atoms with Crippen LogP contribution in [0.5, 0.6) is 0 Å². The first-order valence-electron chi connectivity index (χ1n) is 9.72. The van der Waals surface area contributed by atoms with E-state index in [2.05, 4.69) is 31.0 Å². The summed E-state index contributed by atoms with van der Waals surface area (Å²) in [7, 11) is 0. The first-order valence-corrected chi connectivity index (χ1v) is 9.72. The molecule has 1 heterocycles. The fraction of sp³-hybridized carbons (Fsp3) is 1.00. The average molecular weight is 295 g/mol. The number of unbranched alkanes of at least 4 members (excludes halogenated alkanes) is 1. The van der Waals surface area contributed by atoms with Crippen molar-refractivity contribution in [1.82, 2.24) is 10.2 Å². The summed E-state index contributed by atoms with van der Waals surface area (Å²) in [5, 5.41) is 3.86. The van der Waals surface area contributed by atoms with E-state index in [1.165, 1.54) is 77.4 Å². The molecule has 2 rings (SSSR count). The smallest absolute Gasteiger partial charge is 0.0224 e. The Bertz CT molecular complexity index is 273. The number of rotatable bonds is 7. The van der Waals surface area contributed by atoms with Crippen molar-refractivity contribution in [3.63, 3.8) is 0 Å². The molecule has 1 saturated heterocycles. The lowest BCUT2D eigenvalue weighted by atomic mass is 9.82. The molecule has 0 aromatic carbocycles. The third kappa shape index (κ3) is 5.25. The third-order valence-electron chi connectivity index (χ3n) is 5.98. The van der Waals surface area contributed by atoms with Crippen molar-refractivity contribution >= 4 is 0 Å². The third-order valence-corrected chi connectivity index (χ3v) is 5.98.